The normalized spacial score (nSPS) is 27.4. The summed E-state index contributed by atoms with van der Waals surface area (Å²) in [6, 6.07) is 9.12. The molecule has 5 nitrogen and oxygen atoms in total. The van der Waals surface area contributed by atoms with Gasteiger partial charge in [-0.05, 0) is 62.8 Å². The molecule has 1 aliphatic carbocycles. The Bertz CT molecular complexity index is 646. The molecule has 0 radical (unpaired) electrons. The number of nitrogens with zero attached hydrogens (tertiary/aromatic N) is 3. The van der Waals surface area contributed by atoms with Crippen LogP contribution in [0.5, 0.6) is 0 Å². The van der Waals surface area contributed by atoms with Crippen molar-refractivity contribution in [2.75, 3.05) is 44.2 Å². The molecule has 2 aliphatic heterocycles. The zero-order valence-electron chi connectivity index (χ0n) is 16.9. The van der Waals surface area contributed by atoms with Gasteiger partial charge in [0.05, 0.1) is 0 Å². The summed E-state index contributed by atoms with van der Waals surface area (Å²) in [5.41, 5.74) is 8.24. The van der Waals surface area contributed by atoms with Crippen LogP contribution in [-0.4, -0.2) is 67.1 Å². The summed E-state index contributed by atoms with van der Waals surface area (Å²) in [5, 5.41) is 0. The number of piperazine rings is 1. The Morgan fingerprint density at radius 2 is 1.64 bits per heavy atom. The third-order valence-corrected chi connectivity index (χ3v) is 6.72. The SMILES string of the molecule is CC(C)N1CCN(c2ccc(C(=O)N3CC4CCC(N)C4C3)cc2)CC1.Cl.Cl. The Morgan fingerprint density at radius 1 is 1.00 bits per heavy atom. The fraction of sp³-hybridized carbons (Fsp3) is 0.667. The topological polar surface area (TPSA) is 52.8 Å². The lowest BCUT2D eigenvalue weighted by Gasteiger charge is -2.38. The van der Waals surface area contributed by atoms with Crippen molar-refractivity contribution in [3.8, 4) is 0 Å². The zero-order chi connectivity index (χ0) is 18.3. The van der Waals surface area contributed by atoms with Crippen LogP contribution in [0.25, 0.3) is 0 Å². The lowest BCUT2D eigenvalue weighted by Crippen LogP contribution is -2.48. The maximum Gasteiger partial charge on any atom is 0.253 e. The van der Waals surface area contributed by atoms with E-state index < -0.39 is 0 Å². The molecule has 2 saturated heterocycles. The second kappa shape index (κ2) is 9.66. The first kappa shape index (κ1) is 23.3. The molecule has 2 N–H and O–H groups in total. The minimum absolute atomic E-state index is 0. The van der Waals surface area contributed by atoms with Crippen LogP contribution in [0, 0.1) is 11.8 Å². The predicted molar refractivity (Wildman–Crippen MR) is 120 cm³/mol. The van der Waals surface area contributed by atoms with Crippen molar-refractivity contribution in [2.24, 2.45) is 17.6 Å². The summed E-state index contributed by atoms with van der Waals surface area (Å²) >= 11 is 0. The number of fused-ring (bicyclic) bond motifs is 1. The number of carbonyl (C=O) groups is 1. The maximum absolute atomic E-state index is 12.9. The van der Waals surface area contributed by atoms with Crippen molar-refractivity contribution in [3.63, 3.8) is 0 Å². The Labute approximate surface area is 181 Å². The van der Waals surface area contributed by atoms with E-state index in [0.717, 1.165) is 51.3 Å². The van der Waals surface area contributed by atoms with E-state index >= 15 is 0 Å². The molecule has 3 fully saturated rings. The summed E-state index contributed by atoms with van der Waals surface area (Å²) in [6.45, 7) is 10.6. The molecule has 0 aromatic heterocycles. The molecular weight excluding hydrogens is 395 g/mol. The van der Waals surface area contributed by atoms with E-state index in [1.165, 1.54) is 12.1 Å². The smallest absolute Gasteiger partial charge is 0.253 e. The van der Waals surface area contributed by atoms with Gasteiger partial charge in [0.15, 0.2) is 0 Å². The zero-order valence-corrected chi connectivity index (χ0v) is 18.6. The first-order chi connectivity index (χ1) is 12.5. The van der Waals surface area contributed by atoms with Crippen molar-refractivity contribution >= 4 is 36.4 Å². The number of benzene rings is 1. The molecule has 158 valence electrons. The van der Waals surface area contributed by atoms with Crippen molar-refractivity contribution < 1.29 is 4.79 Å². The van der Waals surface area contributed by atoms with Crippen LogP contribution in [0.15, 0.2) is 24.3 Å². The summed E-state index contributed by atoms with van der Waals surface area (Å²) in [4.78, 5) is 19.8. The Hall–Kier alpha value is -1.01. The molecule has 4 rings (SSSR count). The quantitative estimate of drug-likeness (QED) is 0.803. The largest absolute Gasteiger partial charge is 0.369 e. The minimum atomic E-state index is 0. The highest BCUT2D eigenvalue weighted by atomic mass is 35.5. The van der Waals surface area contributed by atoms with Gasteiger partial charge in [-0.2, -0.15) is 0 Å². The van der Waals surface area contributed by atoms with Crippen molar-refractivity contribution in [1.29, 1.82) is 0 Å². The average molecular weight is 429 g/mol. The summed E-state index contributed by atoms with van der Waals surface area (Å²) in [5.74, 6) is 1.30. The molecule has 3 aliphatic rings. The minimum Gasteiger partial charge on any atom is -0.369 e. The van der Waals surface area contributed by atoms with Gasteiger partial charge in [0.1, 0.15) is 0 Å². The van der Waals surface area contributed by atoms with Gasteiger partial charge < -0.3 is 15.5 Å². The molecule has 1 aromatic carbocycles. The first-order valence-corrected chi connectivity index (χ1v) is 10.2. The van der Waals surface area contributed by atoms with Crippen molar-refractivity contribution in [1.82, 2.24) is 9.80 Å². The molecule has 2 heterocycles. The molecule has 7 heteroatoms. The molecule has 1 saturated carbocycles. The van der Waals surface area contributed by atoms with Gasteiger partial charge in [0, 0.05) is 62.6 Å². The van der Waals surface area contributed by atoms with Gasteiger partial charge >= 0.3 is 0 Å². The average Bonchev–Trinajstić information content (AvgIpc) is 3.24. The Morgan fingerprint density at radius 3 is 2.21 bits per heavy atom. The summed E-state index contributed by atoms with van der Waals surface area (Å²) in [7, 11) is 0. The number of likely N-dealkylation sites (tertiary alicyclic amines) is 1. The number of rotatable bonds is 3. The van der Waals surface area contributed by atoms with Gasteiger partial charge in [-0.1, -0.05) is 0 Å². The molecule has 1 amide bonds. The predicted octanol–water partition coefficient (Wildman–Crippen LogP) is 2.87. The molecule has 0 bridgehead atoms. The van der Waals surface area contributed by atoms with Crippen LogP contribution in [0.1, 0.15) is 37.0 Å². The molecule has 1 aromatic rings. The molecular formula is C21H34Cl2N4O. The highest BCUT2D eigenvalue weighted by Crippen LogP contribution is 2.37. The third kappa shape index (κ3) is 4.59. The van der Waals surface area contributed by atoms with Crippen LogP contribution >= 0.6 is 24.8 Å². The fourth-order valence-corrected chi connectivity index (χ4v) is 4.97. The van der Waals surface area contributed by atoms with E-state index in [9.17, 15) is 4.79 Å². The second-order valence-electron chi connectivity index (χ2n) is 8.54. The number of hydrogen-bond acceptors (Lipinski definition) is 4. The molecule has 3 unspecified atom stereocenters. The monoisotopic (exact) mass is 428 g/mol. The second-order valence-corrected chi connectivity index (χ2v) is 8.54. The molecule has 28 heavy (non-hydrogen) atoms. The van der Waals surface area contributed by atoms with Crippen LogP contribution in [0.4, 0.5) is 5.69 Å². The fourth-order valence-electron chi connectivity index (χ4n) is 4.97. The number of anilines is 1. The maximum atomic E-state index is 12.9. The summed E-state index contributed by atoms with van der Waals surface area (Å²) < 4.78 is 0. The van der Waals surface area contributed by atoms with E-state index in [4.69, 9.17) is 5.73 Å². The molecule has 0 spiro atoms. The van der Waals surface area contributed by atoms with E-state index in [1.54, 1.807) is 0 Å². The number of hydrogen-bond donors (Lipinski definition) is 1. The molecule has 3 atom stereocenters. The van der Waals surface area contributed by atoms with Crippen LogP contribution < -0.4 is 10.6 Å². The van der Waals surface area contributed by atoms with Gasteiger partial charge in [-0.3, -0.25) is 9.69 Å². The lowest BCUT2D eigenvalue weighted by atomic mass is 9.98. The van der Waals surface area contributed by atoms with Crippen LogP contribution in [-0.2, 0) is 0 Å². The number of halogens is 2. The lowest BCUT2D eigenvalue weighted by molar-refractivity contribution is 0.0779. The highest BCUT2D eigenvalue weighted by molar-refractivity contribution is 5.94. The summed E-state index contributed by atoms with van der Waals surface area (Å²) in [6.07, 6.45) is 2.30. The van der Waals surface area contributed by atoms with Crippen LogP contribution in [0.3, 0.4) is 0 Å². The number of amides is 1. The third-order valence-electron chi connectivity index (χ3n) is 6.72. The van der Waals surface area contributed by atoms with Crippen molar-refractivity contribution in [3.05, 3.63) is 29.8 Å². The van der Waals surface area contributed by atoms with E-state index in [1.807, 2.05) is 17.0 Å². The van der Waals surface area contributed by atoms with Gasteiger partial charge in [-0.25, -0.2) is 0 Å². The first-order valence-electron chi connectivity index (χ1n) is 10.2. The van der Waals surface area contributed by atoms with E-state index in [-0.39, 0.29) is 36.8 Å². The number of carbonyl (C=O) groups excluding carboxylic acids is 1. The van der Waals surface area contributed by atoms with Gasteiger partial charge in [0.25, 0.3) is 5.91 Å². The Balaban J connectivity index is 0.00000140. The van der Waals surface area contributed by atoms with Crippen LogP contribution in [0.2, 0.25) is 0 Å². The van der Waals surface area contributed by atoms with Crippen molar-refractivity contribution in [2.45, 2.75) is 38.8 Å². The van der Waals surface area contributed by atoms with E-state index in [2.05, 4.69) is 35.8 Å². The highest BCUT2D eigenvalue weighted by Gasteiger charge is 2.42. The van der Waals surface area contributed by atoms with Gasteiger partial charge in [-0.15, -0.1) is 24.8 Å². The Kier molecular flexibility index (Phi) is 8.03. The number of nitrogens with two attached hydrogens (primary N) is 1. The standard InChI is InChI=1S/C21H32N4O.2ClH/c1-15(2)23-9-11-24(12-10-23)18-6-3-16(4-7-18)21(26)25-13-17-5-8-20(22)19(17)14-25;;/h3-4,6-7,15,17,19-20H,5,8-14,22H2,1-2H3;2*1H. The van der Waals surface area contributed by atoms with E-state index in [0.29, 0.717) is 17.9 Å². The van der Waals surface area contributed by atoms with Gasteiger partial charge in [0.2, 0.25) is 0 Å².